The van der Waals surface area contributed by atoms with Crippen molar-refractivity contribution in [2.75, 3.05) is 0 Å². The predicted molar refractivity (Wildman–Crippen MR) is 44.4 cm³/mol. The molecular formula is C7H12N2O4. The van der Waals surface area contributed by atoms with Crippen LogP contribution < -0.4 is 0 Å². The van der Waals surface area contributed by atoms with Gasteiger partial charge in [-0.25, -0.2) is 0 Å². The molecule has 0 amide bonds. The number of hydrogen-bond acceptors (Lipinski definition) is 4. The molecule has 0 heterocycles. The molecule has 1 saturated carbocycles. The SMILES string of the molecule is CC1CCC([N+](=O)[O-])([N+](=O)[O-])CC1. The van der Waals surface area contributed by atoms with Crippen LogP contribution in [0.3, 0.4) is 0 Å². The molecule has 74 valence electrons. The maximum Gasteiger partial charge on any atom is 0.458 e. The Labute approximate surface area is 75.2 Å². The van der Waals surface area contributed by atoms with Gasteiger partial charge in [-0.2, -0.15) is 0 Å². The lowest BCUT2D eigenvalue weighted by Crippen LogP contribution is -2.48. The average molecular weight is 188 g/mol. The molecule has 0 aromatic heterocycles. The first-order valence-corrected chi connectivity index (χ1v) is 4.28. The van der Waals surface area contributed by atoms with Crippen molar-refractivity contribution in [3.63, 3.8) is 0 Å². The first-order chi connectivity index (χ1) is 5.99. The van der Waals surface area contributed by atoms with Crippen molar-refractivity contribution in [2.24, 2.45) is 5.92 Å². The quantitative estimate of drug-likeness (QED) is 0.372. The maximum atomic E-state index is 10.6. The minimum Gasteiger partial charge on any atom is -0.258 e. The first kappa shape index (κ1) is 9.88. The standard InChI is InChI=1S/C7H12N2O4/c1-6-2-4-7(5-3-6,8(10)11)9(12)13/h6H,2-5H2,1H3. The van der Waals surface area contributed by atoms with Crippen LogP contribution in [0.5, 0.6) is 0 Å². The molecule has 0 unspecified atom stereocenters. The van der Waals surface area contributed by atoms with Crippen LogP contribution >= 0.6 is 0 Å². The third kappa shape index (κ3) is 1.61. The molecule has 1 rings (SSSR count). The highest BCUT2D eigenvalue weighted by atomic mass is 16.7. The van der Waals surface area contributed by atoms with Gasteiger partial charge >= 0.3 is 5.66 Å². The zero-order valence-electron chi connectivity index (χ0n) is 7.43. The Kier molecular flexibility index (Phi) is 2.49. The van der Waals surface area contributed by atoms with Crippen LogP contribution in [0.4, 0.5) is 0 Å². The second kappa shape index (κ2) is 3.27. The molecule has 0 aromatic carbocycles. The van der Waals surface area contributed by atoms with Gasteiger partial charge in [-0.3, -0.25) is 20.2 Å². The largest absolute Gasteiger partial charge is 0.458 e. The monoisotopic (exact) mass is 188 g/mol. The number of rotatable bonds is 2. The Balaban J connectivity index is 2.82. The average Bonchev–Trinajstić information content (AvgIpc) is 2.04. The minimum atomic E-state index is -1.90. The third-order valence-corrected chi connectivity index (χ3v) is 2.75. The summed E-state index contributed by atoms with van der Waals surface area (Å²) in [7, 11) is 0. The minimum absolute atomic E-state index is 0.0637. The third-order valence-electron chi connectivity index (χ3n) is 2.75. The van der Waals surface area contributed by atoms with E-state index in [9.17, 15) is 20.2 Å². The molecule has 6 heteroatoms. The Morgan fingerprint density at radius 3 is 1.85 bits per heavy atom. The highest BCUT2D eigenvalue weighted by Crippen LogP contribution is 2.34. The van der Waals surface area contributed by atoms with E-state index >= 15 is 0 Å². The molecule has 1 aliphatic carbocycles. The van der Waals surface area contributed by atoms with Crippen molar-refractivity contribution in [1.29, 1.82) is 0 Å². The van der Waals surface area contributed by atoms with Crippen LogP contribution in [-0.2, 0) is 0 Å². The topological polar surface area (TPSA) is 86.3 Å². The Bertz CT molecular complexity index is 217. The van der Waals surface area contributed by atoms with Crippen LogP contribution in [0.25, 0.3) is 0 Å². The number of nitro groups is 2. The summed E-state index contributed by atoms with van der Waals surface area (Å²) in [5.74, 6) is 0.369. The van der Waals surface area contributed by atoms with Gasteiger partial charge in [0.15, 0.2) is 0 Å². The summed E-state index contributed by atoms with van der Waals surface area (Å²) in [6.07, 6.45) is 1.27. The van der Waals surface area contributed by atoms with Crippen molar-refractivity contribution in [2.45, 2.75) is 38.3 Å². The van der Waals surface area contributed by atoms with Crippen molar-refractivity contribution >= 4 is 0 Å². The number of hydrogen-bond donors (Lipinski definition) is 0. The van der Waals surface area contributed by atoms with Gasteiger partial charge in [0.1, 0.15) is 0 Å². The van der Waals surface area contributed by atoms with Crippen molar-refractivity contribution in [3.05, 3.63) is 20.2 Å². The van der Waals surface area contributed by atoms with Crippen LogP contribution in [0, 0.1) is 26.1 Å². The first-order valence-electron chi connectivity index (χ1n) is 4.28. The van der Waals surface area contributed by atoms with Crippen LogP contribution in [0.1, 0.15) is 32.6 Å². The van der Waals surface area contributed by atoms with E-state index in [0.29, 0.717) is 18.8 Å². The van der Waals surface area contributed by atoms with Gasteiger partial charge in [0.25, 0.3) is 0 Å². The van der Waals surface area contributed by atoms with Gasteiger partial charge < -0.3 is 0 Å². The molecular weight excluding hydrogens is 176 g/mol. The van der Waals surface area contributed by atoms with E-state index in [1.54, 1.807) is 0 Å². The summed E-state index contributed by atoms with van der Waals surface area (Å²) < 4.78 is 0. The second-order valence-electron chi connectivity index (χ2n) is 3.68. The molecule has 13 heavy (non-hydrogen) atoms. The van der Waals surface area contributed by atoms with E-state index in [4.69, 9.17) is 0 Å². The molecule has 0 aromatic rings. The molecule has 0 spiro atoms. The van der Waals surface area contributed by atoms with Crippen LogP contribution in [0.15, 0.2) is 0 Å². The molecule has 0 aliphatic heterocycles. The van der Waals surface area contributed by atoms with Crippen molar-refractivity contribution in [1.82, 2.24) is 0 Å². The summed E-state index contributed by atoms with van der Waals surface area (Å²) in [5, 5.41) is 21.2. The van der Waals surface area contributed by atoms with E-state index in [0.717, 1.165) is 0 Å². The lowest BCUT2D eigenvalue weighted by molar-refractivity contribution is -0.800. The van der Waals surface area contributed by atoms with Crippen LogP contribution in [-0.4, -0.2) is 15.5 Å². The van der Waals surface area contributed by atoms with Crippen molar-refractivity contribution in [3.8, 4) is 0 Å². The van der Waals surface area contributed by atoms with Gasteiger partial charge in [-0.1, -0.05) is 6.92 Å². The molecule has 0 radical (unpaired) electrons. The summed E-state index contributed by atoms with van der Waals surface area (Å²) in [4.78, 5) is 19.7. The van der Waals surface area contributed by atoms with E-state index in [1.807, 2.05) is 6.92 Å². The summed E-state index contributed by atoms with van der Waals surface area (Å²) >= 11 is 0. The molecule has 0 saturated heterocycles. The predicted octanol–water partition coefficient (Wildman–Crippen LogP) is 1.45. The highest BCUT2D eigenvalue weighted by molar-refractivity contribution is 4.76. The Hall–Kier alpha value is -1.20. The van der Waals surface area contributed by atoms with E-state index in [1.165, 1.54) is 0 Å². The Morgan fingerprint density at radius 1 is 1.15 bits per heavy atom. The Morgan fingerprint density at radius 2 is 1.54 bits per heavy atom. The molecule has 0 N–H and O–H groups in total. The molecule has 0 atom stereocenters. The van der Waals surface area contributed by atoms with Gasteiger partial charge in [0.05, 0.1) is 22.7 Å². The maximum absolute atomic E-state index is 10.6. The van der Waals surface area contributed by atoms with Gasteiger partial charge in [-0.15, -0.1) is 0 Å². The lowest BCUT2D eigenvalue weighted by atomic mass is 9.83. The zero-order chi connectivity index (χ0) is 10.1. The molecule has 0 bridgehead atoms. The zero-order valence-corrected chi connectivity index (χ0v) is 7.43. The molecule has 1 fully saturated rings. The fourth-order valence-electron chi connectivity index (χ4n) is 1.66. The van der Waals surface area contributed by atoms with Gasteiger partial charge in [0.2, 0.25) is 0 Å². The fourth-order valence-corrected chi connectivity index (χ4v) is 1.66. The van der Waals surface area contributed by atoms with E-state index in [2.05, 4.69) is 0 Å². The second-order valence-corrected chi connectivity index (χ2v) is 3.68. The van der Waals surface area contributed by atoms with Crippen LogP contribution in [0.2, 0.25) is 0 Å². The van der Waals surface area contributed by atoms with Gasteiger partial charge in [0, 0.05) is 0 Å². The smallest absolute Gasteiger partial charge is 0.258 e. The molecule has 6 nitrogen and oxygen atoms in total. The normalized spacial score (nSPS) is 22.5. The van der Waals surface area contributed by atoms with Gasteiger partial charge in [-0.05, 0) is 18.8 Å². The highest BCUT2D eigenvalue weighted by Gasteiger charge is 2.56. The summed E-state index contributed by atoms with van der Waals surface area (Å²) in [6, 6.07) is 0. The van der Waals surface area contributed by atoms with E-state index in [-0.39, 0.29) is 12.8 Å². The van der Waals surface area contributed by atoms with Crippen molar-refractivity contribution < 1.29 is 9.85 Å². The lowest BCUT2D eigenvalue weighted by Gasteiger charge is -2.24. The van der Waals surface area contributed by atoms with E-state index < -0.39 is 15.5 Å². The number of nitrogens with zero attached hydrogens (tertiary/aromatic N) is 2. The summed E-state index contributed by atoms with van der Waals surface area (Å²) in [6.45, 7) is 1.96. The fraction of sp³-hybridized carbons (Fsp3) is 1.00. The summed E-state index contributed by atoms with van der Waals surface area (Å²) in [5.41, 5.74) is -1.90. The molecule has 1 aliphatic rings.